The Morgan fingerprint density at radius 3 is 2.96 bits per heavy atom. The first-order valence-corrected chi connectivity index (χ1v) is 8.15. The Bertz CT molecular complexity index is 735. The van der Waals surface area contributed by atoms with Gasteiger partial charge >= 0.3 is 5.97 Å². The minimum absolute atomic E-state index is 0.0564. The van der Waals surface area contributed by atoms with E-state index in [2.05, 4.69) is 17.1 Å². The molecule has 2 aromatic rings. The number of H-pyrrole nitrogens is 1. The molecule has 0 spiro atoms. The molecule has 1 aromatic heterocycles. The van der Waals surface area contributed by atoms with Gasteiger partial charge in [0.1, 0.15) is 6.04 Å². The number of rotatable bonds is 4. The minimum Gasteiger partial charge on any atom is -0.480 e. The second-order valence-electron chi connectivity index (χ2n) is 6.30. The Labute approximate surface area is 135 Å². The number of likely N-dealkylation sites (tertiary alicyclic amines) is 1. The average molecular weight is 314 g/mol. The molecular formula is C18H22N2O3. The Hall–Kier alpha value is -2.30. The number of carbonyl (C=O) groups is 2. The number of aryl methyl sites for hydroxylation is 2. The maximum absolute atomic E-state index is 12.5. The molecule has 23 heavy (non-hydrogen) atoms. The first-order valence-electron chi connectivity index (χ1n) is 8.15. The highest BCUT2D eigenvalue weighted by Crippen LogP contribution is 2.23. The molecule has 0 aliphatic carbocycles. The van der Waals surface area contributed by atoms with Crippen molar-refractivity contribution in [2.45, 2.75) is 45.1 Å². The lowest BCUT2D eigenvalue weighted by Crippen LogP contribution is -2.48. The highest BCUT2D eigenvalue weighted by molar-refractivity contribution is 5.86. The molecule has 2 N–H and O–H groups in total. The SMILES string of the molecule is Cc1ccc2[nH]cc(CCC(=O)N3CCCCC3C(=O)O)c2c1. The predicted molar refractivity (Wildman–Crippen MR) is 88.3 cm³/mol. The van der Waals surface area contributed by atoms with Crippen LogP contribution >= 0.6 is 0 Å². The lowest BCUT2D eigenvalue weighted by Gasteiger charge is -2.33. The number of nitrogens with zero attached hydrogens (tertiary/aromatic N) is 1. The summed E-state index contributed by atoms with van der Waals surface area (Å²) in [5, 5.41) is 10.4. The number of carbonyl (C=O) groups excluding carboxylic acids is 1. The van der Waals surface area contributed by atoms with Crippen LogP contribution in [0.3, 0.4) is 0 Å². The van der Waals surface area contributed by atoms with Crippen molar-refractivity contribution in [1.82, 2.24) is 9.88 Å². The van der Waals surface area contributed by atoms with Crippen LogP contribution in [0.2, 0.25) is 0 Å². The lowest BCUT2D eigenvalue weighted by molar-refractivity contribution is -0.152. The van der Waals surface area contributed by atoms with Gasteiger partial charge in [0.25, 0.3) is 0 Å². The second kappa shape index (κ2) is 6.44. The van der Waals surface area contributed by atoms with E-state index in [0.29, 0.717) is 25.8 Å². The van der Waals surface area contributed by atoms with Gasteiger partial charge in [0.15, 0.2) is 0 Å². The van der Waals surface area contributed by atoms with Crippen LogP contribution in [0.25, 0.3) is 10.9 Å². The minimum atomic E-state index is -0.888. The normalized spacial score (nSPS) is 18.3. The topological polar surface area (TPSA) is 73.4 Å². The number of nitrogens with one attached hydrogen (secondary N) is 1. The van der Waals surface area contributed by atoms with Gasteiger partial charge in [-0.25, -0.2) is 4.79 Å². The van der Waals surface area contributed by atoms with E-state index >= 15 is 0 Å². The fourth-order valence-corrected chi connectivity index (χ4v) is 3.37. The van der Waals surface area contributed by atoms with Crippen LogP contribution in [-0.4, -0.2) is 39.5 Å². The van der Waals surface area contributed by atoms with Gasteiger partial charge in [-0.05, 0) is 50.3 Å². The molecule has 1 fully saturated rings. The largest absolute Gasteiger partial charge is 0.480 e. The number of piperidine rings is 1. The van der Waals surface area contributed by atoms with Crippen LogP contribution in [0.4, 0.5) is 0 Å². The molecule has 122 valence electrons. The number of hydrogen-bond donors (Lipinski definition) is 2. The van der Waals surface area contributed by atoms with Crippen LogP contribution < -0.4 is 0 Å². The third-order valence-electron chi connectivity index (χ3n) is 4.64. The maximum Gasteiger partial charge on any atom is 0.326 e. The third-order valence-corrected chi connectivity index (χ3v) is 4.64. The van der Waals surface area contributed by atoms with Gasteiger partial charge in [-0.15, -0.1) is 0 Å². The maximum atomic E-state index is 12.5. The molecule has 1 aromatic carbocycles. The summed E-state index contributed by atoms with van der Waals surface area (Å²) < 4.78 is 0. The van der Waals surface area contributed by atoms with E-state index in [1.54, 1.807) is 4.90 Å². The Balaban J connectivity index is 1.70. The summed E-state index contributed by atoms with van der Waals surface area (Å²) >= 11 is 0. The van der Waals surface area contributed by atoms with Gasteiger partial charge in [0.05, 0.1) is 0 Å². The zero-order valence-corrected chi connectivity index (χ0v) is 13.3. The number of aromatic nitrogens is 1. The Morgan fingerprint density at radius 1 is 1.35 bits per heavy atom. The van der Waals surface area contributed by atoms with Gasteiger partial charge in [-0.1, -0.05) is 11.6 Å². The van der Waals surface area contributed by atoms with Crippen LogP contribution in [0, 0.1) is 6.92 Å². The Morgan fingerprint density at radius 2 is 2.17 bits per heavy atom. The molecule has 0 radical (unpaired) electrons. The van der Waals surface area contributed by atoms with Crippen molar-refractivity contribution >= 4 is 22.8 Å². The van der Waals surface area contributed by atoms with Crippen LogP contribution in [-0.2, 0) is 16.0 Å². The number of hydrogen-bond acceptors (Lipinski definition) is 2. The lowest BCUT2D eigenvalue weighted by atomic mass is 10.0. The molecule has 1 atom stereocenters. The van der Waals surface area contributed by atoms with Crippen molar-refractivity contribution in [2.75, 3.05) is 6.54 Å². The first-order chi connectivity index (χ1) is 11.1. The zero-order chi connectivity index (χ0) is 16.4. The molecule has 1 unspecified atom stereocenters. The fraction of sp³-hybridized carbons (Fsp3) is 0.444. The van der Waals surface area contributed by atoms with E-state index < -0.39 is 12.0 Å². The van der Waals surface area contributed by atoms with Crippen molar-refractivity contribution in [3.8, 4) is 0 Å². The van der Waals surface area contributed by atoms with E-state index in [1.807, 2.05) is 19.2 Å². The van der Waals surface area contributed by atoms with Crippen LogP contribution in [0.15, 0.2) is 24.4 Å². The molecule has 0 bridgehead atoms. The van der Waals surface area contributed by atoms with E-state index in [-0.39, 0.29) is 5.91 Å². The average Bonchev–Trinajstić information content (AvgIpc) is 2.94. The summed E-state index contributed by atoms with van der Waals surface area (Å²) in [6, 6.07) is 5.56. The number of aliphatic carboxylic acids is 1. The van der Waals surface area contributed by atoms with E-state index in [4.69, 9.17) is 0 Å². The first kappa shape index (κ1) is 15.6. The fourth-order valence-electron chi connectivity index (χ4n) is 3.37. The van der Waals surface area contributed by atoms with Crippen molar-refractivity contribution in [1.29, 1.82) is 0 Å². The molecule has 1 amide bonds. The molecule has 5 heteroatoms. The molecule has 1 aliphatic heterocycles. The van der Waals surface area contributed by atoms with Crippen molar-refractivity contribution < 1.29 is 14.7 Å². The van der Waals surface area contributed by atoms with E-state index in [0.717, 1.165) is 29.3 Å². The summed E-state index contributed by atoms with van der Waals surface area (Å²) in [7, 11) is 0. The highest BCUT2D eigenvalue weighted by Gasteiger charge is 2.31. The number of carboxylic acid groups (broad SMARTS) is 1. The summed E-state index contributed by atoms with van der Waals surface area (Å²) in [6.45, 7) is 2.61. The number of benzene rings is 1. The molecule has 2 heterocycles. The number of carboxylic acids is 1. The summed E-state index contributed by atoms with van der Waals surface area (Å²) in [5.41, 5.74) is 3.37. The standard InChI is InChI=1S/C18H22N2O3/c1-12-5-7-15-14(10-12)13(11-19-15)6-8-17(21)20-9-3-2-4-16(20)18(22)23/h5,7,10-11,16,19H,2-4,6,8-9H2,1H3,(H,22,23). The third kappa shape index (κ3) is 3.23. The van der Waals surface area contributed by atoms with Crippen LogP contribution in [0.1, 0.15) is 36.8 Å². The molecule has 3 rings (SSSR count). The van der Waals surface area contributed by atoms with E-state index in [1.165, 1.54) is 5.56 Å². The van der Waals surface area contributed by atoms with Crippen LogP contribution in [0.5, 0.6) is 0 Å². The molecule has 5 nitrogen and oxygen atoms in total. The predicted octanol–water partition coefficient (Wildman–Crippen LogP) is 2.87. The number of aromatic amines is 1. The van der Waals surface area contributed by atoms with Crippen molar-refractivity contribution in [3.05, 3.63) is 35.5 Å². The van der Waals surface area contributed by atoms with Gasteiger partial charge < -0.3 is 15.0 Å². The van der Waals surface area contributed by atoms with Gasteiger partial charge in [-0.2, -0.15) is 0 Å². The van der Waals surface area contributed by atoms with Gasteiger partial charge in [0.2, 0.25) is 5.91 Å². The highest BCUT2D eigenvalue weighted by atomic mass is 16.4. The van der Waals surface area contributed by atoms with Gasteiger partial charge in [-0.3, -0.25) is 4.79 Å². The van der Waals surface area contributed by atoms with Crippen molar-refractivity contribution in [2.24, 2.45) is 0 Å². The van der Waals surface area contributed by atoms with Gasteiger partial charge in [0, 0.05) is 30.1 Å². The quantitative estimate of drug-likeness (QED) is 0.911. The smallest absolute Gasteiger partial charge is 0.326 e. The molecule has 1 saturated heterocycles. The molecule has 0 saturated carbocycles. The van der Waals surface area contributed by atoms with E-state index in [9.17, 15) is 14.7 Å². The summed E-state index contributed by atoms with van der Waals surface area (Å²) in [5.74, 6) is -0.945. The summed E-state index contributed by atoms with van der Waals surface area (Å²) in [4.78, 5) is 28.6. The Kier molecular flexibility index (Phi) is 4.37. The number of fused-ring (bicyclic) bond motifs is 1. The monoisotopic (exact) mass is 314 g/mol. The second-order valence-corrected chi connectivity index (χ2v) is 6.30. The molecule has 1 aliphatic rings. The zero-order valence-electron chi connectivity index (χ0n) is 13.3. The number of amides is 1. The molecular weight excluding hydrogens is 292 g/mol. The van der Waals surface area contributed by atoms with Crippen molar-refractivity contribution in [3.63, 3.8) is 0 Å². The summed E-state index contributed by atoms with van der Waals surface area (Å²) in [6.07, 6.45) is 5.26.